The molecule has 0 unspecified atom stereocenters. The van der Waals surface area contributed by atoms with Crippen LogP contribution in [0.2, 0.25) is 0 Å². The van der Waals surface area contributed by atoms with Gasteiger partial charge in [0.2, 0.25) is 5.91 Å². The standard InChI is InChI=1S/C26H31FN2O3/c1-5-14-28-25(30)23(6-2)32-21-12-9-18-13-15-29(26(31)17(3)4)24(22(18)16-21)19-7-10-20(27)11-8-19/h5,7-12,16-17,23-24H,1,6,13-15H2,2-4H3,(H,28,30)/t23-,24+/m0/s1. The molecule has 2 aromatic rings. The van der Waals surface area contributed by atoms with Crippen LogP contribution in [0.3, 0.4) is 0 Å². The highest BCUT2D eigenvalue weighted by atomic mass is 19.1. The van der Waals surface area contributed by atoms with Crippen LogP contribution in [-0.2, 0) is 16.0 Å². The molecule has 0 saturated carbocycles. The SMILES string of the molecule is C=CCNC(=O)[C@H](CC)Oc1ccc2c(c1)[C@@H](c1ccc(F)cc1)N(C(=O)C(C)C)CC2. The van der Waals surface area contributed by atoms with E-state index < -0.39 is 6.10 Å². The first-order valence-corrected chi connectivity index (χ1v) is 11.1. The summed E-state index contributed by atoms with van der Waals surface area (Å²) in [7, 11) is 0. The summed E-state index contributed by atoms with van der Waals surface area (Å²) in [5.41, 5.74) is 2.90. The number of nitrogens with one attached hydrogen (secondary N) is 1. The predicted molar refractivity (Wildman–Crippen MR) is 123 cm³/mol. The monoisotopic (exact) mass is 438 g/mol. The third kappa shape index (κ3) is 5.18. The van der Waals surface area contributed by atoms with Gasteiger partial charge >= 0.3 is 0 Å². The van der Waals surface area contributed by atoms with Gasteiger partial charge in [0.1, 0.15) is 11.6 Å². The summed E-state index contributed by atoms with van der Waals surface area (Å²) in [4.78, 5) is 27.3. The Morgan fingerprint density at radius 2 is 1.97 bits per heavy atom. The van der Waals surface area contributed by atoms with E-state index in [1.54, 1.807) is 18.2 Å². The second-order valence-electron chi connectivity index (χ2n) is 8.30. The molecule has 5 nitrogen and oxygen atoms in total. The van der Waals surface area contributed by atoms with E-state index in [9.17, 15) is 14.0 Å². The molecule has 0 radical (unpaired) electrons. The zero-order chi connectivity index (χ0) is 23.3. The second kappa shape index (κ2) is 10.4. The third-order valence-electron chi connectivity index (χ3n) is 5.67. The molecule has 1 aliphatic rings. The Bertz CT molecular complexity index is 972. The van der Waals surface area contributed by atoms with E-state index in [1.165, 1.54) is 12.1 Å². The fraction of sp³-hybridized carbons (Fsp3) is 0.385. The van der Waals surface area contributed by atoms with Gasteiger partial charge in [-0.2, -0.15) is 0 Å². The molecule has 0 spiro atoms. The molecular formula is C26H31FN2O3. The highest BCUT2D eigenvalue weighted by molar-refractivity contribution is 5.81. The predicted octanol–water partition coefficient (Wildman–Crippen LogP) is 4.42. The number of carbonyl (C=O) groups excluding carboxylic acids is 2. The van der Waals surface area contributed by atoms with E-state index in [4.69, 9.17) is 4.74 Å². The summed E-state index contributed by atoms with van der Waals surface area (Å²) in [5, 5.41) is 2.77. The van der Waals surface area contributed by atoms with Gasteiger partial charge < -0.3 is 15.0 Å². The van der Waals surface area contributed by atoms with Gasteiger partial charge in [0.05, 0.1) is 6.04 Å². The number of hydrogen-bond donors (Lipinski definition) is 1. The van der Waals surface area contributed by atoms with Crippen molar-refractivity contribution in [2.45, 2.75) is 45.8 Å². The Balaban J connectivity index is 1.98. The molecule has 0 fully saturated rings. The summed E-state index contributed by atoms with van der Waals surface area (Å²) >= 11 is 0. The quantitative estimate of drug-likeness (QED) is 0.621. The van der Waals surface area contributed by atoms with E-state index in [2.05, 4.69) is 11.9 Å². The Labute approximate surface area is 189 Å². The highest BCUT2D eigenvalue weighted by Crippen LogP contribution is 2.38. The minimum Gasteiger partial charge on any atom is -0.481 e. The molecule has 32 heavy (non-hydrogen) atoms. The zero-order valence-corrected chi connectivity index (χ0v) is 18.9. The topological polar surface area (TPSA) is 58.6 Å². The summed E-state index contributed by atoms with van der Waals surface area (Å²) in [5.74, 6) is -0.0597. The molecule has 6 heteroatoms. The highest BCUT2D eigenvalue weighted by Gasteiger charge is 2.33. The first kappa shape index (κ1) is 23.5. The molecule has 2 amide bonds. The molecule has 0 bridgehead atoms. The molecule has 170 valence electrons. The Hall–Kier alpha value is -3.15. The van der Waals surface area contributed by atoms with Gasteiger partial charge in [0.25, 0.3) is 5.91 Å². The lowest BCUT2D eigenvalue weighted by Gasteiger charge is -2.39. The van der Waals surface area contributed by atoms with Crippen LogP contribution >= 0.6 is 0 Å². The molecule has 1 N–H and O–H groups in total. The van der Waals surface area contributed by atoms with E-state index in [1.807, 2.05) is 43.9 Å². The van der Waals surface area contributed by atoms with Gasteiger partial charge in [-0.1, -0.05) is 45.0 Å². The number of nitrogens with zero attached hydrogens (tertiary/aromatic N) is 1. The van der Waals surface area contributed by atoms with Crippen molar-refractivity contribution in [1.29, 1.82) is 0 Å². The van der Waals surface area contributed by atoms with Crippen molar-refractivity contribution < 1.29 is 18.7 Å². The lowest BCUT2D eigenvalue weighted by Crippen LogP contribution is -2.42. The van der Waals surface area contributed by atoms with Crippen molar-refractivity contribution in [2.75, 3.05) is 13.1 Å². The van der Waals surface area contributed by atoms with Crippen molar-refractivity contribution in [2.24, 2.45) is 5.92 Å². The van der Waals surface area contributed by atoms with Gasteiger partial charge in [-0.15, -0.1) is 6.58 Å². The lowest BCUT2D eigenvalue weighted by atomic mass is 9.87. The smallest absolute Gasteiger partial charge is 0.261 e. The van der Waals surface area contributed by atoms with Crippen LogP contribution in [0.25, 0.3) is 0 Å². The van der Waals surface area contributed by atoms with Gasteiger partial charge in [0.15, 0.2) is 6.10 Å². The minimum absolute atomic E-state index is 0.0477. The van der Waals surface area contributed by atoms with Crippen LogP contribution in [-0.4, -0.2) is 35.9 Å². The number of rotatable bonds is 8. The molecule has 0 saturated heterocycles. The molecule has 2 atom stereocenters. The molecule has 1 heterocycles. The van der Waals surface area contributed by atoms with Gasteiger partial charge in [-0.3, -0.25) is 9.59 Å². The largest absolute Gasteiger partial charge is 0.481 e. The molecule has 0 aromatic heterocycles. The first-order chi connectivity index (χ1) is 15.3. The normalized spacial score (nSPS) is 16.3. The van der Waals surface area contributed by atoms with Crippen LogP contribution in [0.4, 0.5) is 4.39 Å². The molecule has 1 aliphatic heterocycles. The second-order valence-corrected chi connectivity index (χ2v) is 8.30. The van der Waals surface area contributed by atoms with E-state index in [-0.39, 0.29) is 29.6 Å². The summed E-state index contributed by atoms with van der Waals surface area (Å²) in [6, 6.07) is 11.7. The molecule has 0 aliphatic carbocycles. The fourth-order valence-electron chi connectivity index (χ4n) is 4.01. The maximum atomic E-state index is 13.6. The zero-order valence-electron chi connectivity index (χ0n) is 18.9. The van der Waals surface area contributed by atoms with Crippen LogP contribution in [0.5, 0.6) is 5.75 Å². The lowest BCUT2D eigenvalue weighted by molar-refractivity contribution is -0.136. The Morgan fingerprint density at radius 3 is 2.59 bits per heavy atom. The van der Waals surface area contributed by atoms with Crippen molar-refractivity contribution in [3.05, 3.63) is 77.6 Å². The van der Waals surface area contributed by atoms with E-state index in [0.29, 0.717) is 25.3 Å². The summed E-state index contributed by atoms with van der Waals surface area (Å²) < 4.78 is 19.6. The maximum absolute atomic E-state index is 13.6. The van der Waals surface area contributed by atoms with E-state index >= 15 is 0 Å². The number of carbonyl (C=O) groups is 2. The molecule has 2 aromatic carbocycles. The van der Waals surface area contributed by atoms with Crippen LogP contribution in [0.1, 0.15) is 49.9 Å². The average molecular weight is 439 g/mol. The fourth-order valence-corrected chi connectivity index (χ4v) is 4.01. The minimum atomic E-state index is -0.630. The summed E-state index contributed by atoms with van der Waals surface area (Å²) in [6.07, 6.45) is 2.23. The van der Waals surface area contributed by atoms with Crippen molar-refractivity contribution in [3.8, 4) is 5.75 Å². The van der Waals surface area contributed by atoms with Crippen LogP contribution in [0, 0.1) is 11.7 Å². The van der Waals surface area contributed by atoms with E-state index in [0.717, 1.165) is 23.1 Å². The Kier molecular flexibility index (Phi) is 7.67. The van der Waals surface area contributed by atoms with Crippen molar-refractivity contribution in [1.82, 2.24) is 10.2 Å². The number of benzene rings is 2. The number of halogens is 1. The summed E-state index contributed by atoms with van der Waals surface area (Å²) in [6.45, 7) is 10.2. The number of amides is 2. The van der Waals surface area contributed by atoms with Crippen LogP contribution < -0.4 is 10.1 Å². The van der Waals surface area contributed by atoms with Crippen molar-refractivity contribution in [3.63, 3.8) is 0 Å². The van der Waals surface area contributed by atoms with Gasteiger partial charge in [-0.25, -0.2) is 4.39 Å². The molecule has 3 rings (SSSR count). The van der Waals surface area contributed by atoms with Crippen molar-refractivity contribution >= 4 is 11.8 Å². The number of ether oxygens (including phenoxy) is 1. The third-order valence-corrected chi connectivity index (χ3v) is 5.67. The average Bonchev–Trinajstić information content (AvgIpc) is 2.80. The van der Waals surface area contributed by atoms with Crippen LogP contribution in [0.15, 0.2) is 55.1 Å². The maximum Gasteiger partial charge on any atom is 0.261 e. The number of fused-ring (bicyclic) bond motifs is 1. The number of hydrogen-bond acceptors (Lipinski definition) is 3. The Morgan fingerprint density at radius 1 is 1.25 bits per heavy atom. The van der Waals surface area contributed by atoms with Gasteiger partial charge in [0, 0.05) is 19.0 Å². The first-order valence-electron chi connectivity index (χ1n) is 11.1. The molecular weight excluding hydrogens is 407 g/mol. The van der Waals surface area contributed by atoms with Gasteiger partial charge in [-0.05, 0) is 53.8 Å².